The van der Waals surface area contributed by atoms with Crippen LogP contribution in [-0.4, -0.2) is 37.6 Å². The van der Waals surface area contributed by atoms with E-state index in [0.29, 0.717) is 17.4 Å². The number of pyridine rings is 1. The zero-order chi connectivity index (χ0) is 27.0. The number of rotatable bonds is 6. The van der Waals surface area contributed by atoms with E-state index >= 15 is 4.39 Å². The molecular formula is C28H31F2N7O. The highest BCUT2D eigenvalue weighted by Crippen LogP contribution is 2.39. The lowest BCUT2D eigenvalue weighted by Gasteiger charge is -2.32. The smallest absolute Gasteiger partial charge is 0.254 e. The summed E-state index contributed by atoms with van der Waals surface area (Å²) in [5, 5.41) is 10.4. The first-order valence-corrected chi connectivity index (χ1v) is 12.8. The first kappa shape index (κ1) is 25.7. The fraction of sp³-hybridized carbons (Fsp3) is 0.357. The second kappa shape index (κ2) is 10.4. The number of amides is 1. The van der Waals surface area contributed by atoms with Crippen molar-refractivity contribution in [2.45, 2.75) is 58.0 Å². The van der Waals surface area contributed by atoms with Crippen molar-refractivity contribution >= 4 is 23.1 Å². The van der Waals surface area contributed by atoms with E-state index in [0.717, 1.165) is 42.6 Å². The Morgan fingerprint density at radius 2 is 1.92 bits per heavy atom. The van der Waals surface area contributed by atoms with E-state index in [2.05, 4.69) is 32.6 Å². The van der Waals surface area contributed by atoms with Gasteiger partial charge in [0, 0.05) is 18.3 Å². The average Bonchev–Trinajstić information content (AvgIpc) is 3.25. The number of hydrogen-bond donors (Lipinski definition) is 3. The number of imidazole rings is 1. The van der Waals surface area contributed by atoms with E-state index in [-0.39, 0.29) is 34.8 Å². The summed E-state index contributed by atoms with van der Waals surface area (Å²) in [6.07, 6.45) is 8.03. The van der Waals surface area contributed by atoms with Gasteiger partial charge >= 0.3 is 0 Å². The van der Waals surface area contributed by atoms with Gasteiger partial charge in [0.15, 0.2) is 0 Å². The molecule has 0 aliphatic heterocycles. The van der Waals surface area contributed by atoms with Crippen LogP contribution in [0, 0.1) is 17.6 Å². The Kier molecular flexibility index (Phi) is 7.07. The molecule has 1 saturated carbocycles. The number of benzene rings is 1. The van der Waals surface area contributed by atoms with Gasteiger partial charge in [-0.3, -0.25) is 9.78 Å². The first-order chi connectivity index (χ1) is 18.2. The molecule has 3 unspecified atom stereocenters. The second-order valence-corrected chi connectivity index (χ2v) is 10.4. The van der Waals surface area contributed by atoms with Crippen LogP contribution < -0.4 is 16.4 Å². The van der Waals surface area contributed by atoms with Crippen molar-refractivity contribution in [1.29, 1.82) is 0 Å². The van der Waals surface area contributed by atoms with Crippen LogP contribution in [0.1, 0.15) is 61.9 Å². The van der Waals surface area contributed by atoms with Crippen LogP contribution in [0.3, 0.4) is 0 Å². The molecule has 38 heavy (non-hydrogen) atoms. The van der Waals surface area contributed by atoms with E-state index in [4.69, 9.17) is 5.73 Å². The average molecular weight is 520 g/mol. The predicted molar refractivity (Wildman–Crippen MR) is 142 cm³/mol. The minimum Gasteiger partial charge on any atom is -0.350 e. The van der Waals surface area contributed by atoms with E-state index in [1.165, 1.54) is 10.6 Å². The molecule has 4 aromatic rings. The number of fused-ring (bicyclic) bond motifs is 1. The predicted octanol–water partition coefficient (Wildman–Crippen LogP) is 5.18. The molecule has 0 bridgehead atoms. The minimum absolute atomic E-state index is 0.0336. The molecule has 5 rings (SSSR count). The number of hydrogen-bond acceptors (Lipinski definition) is 6. The topological polar surface area (TPSA) is 110 Å². The fourth-order valence-corrected chi connectivity index (χ4v) is 5.30. The van der Waals surface area contributed by atoms with Crippen LogP contribution in [0.25, 0.3) is 16.8 Å². The zero-order valence-corrected chi connectivity index (χ0v) is 21.6. The third-order valence-electron chi connectivity index (χ3n) is 6.92. The summed E-state index contributed by atoms with van der Waals surface area (Å²) in [5.74, 6) is -1.24. The van der Waals surface area contributed by atoms with Crippen molar-refractivity contribution in [3.63, 3.8) is 0 Å². The number of anilines is 2. The number of carbonyl (C=O) groups is 1. The van der Waals surface area contributed by atoms with Gasteiger partial charge in [0.2, 0.25) is 5.95 Å². The van der Waals surface area contributed by atoms with E-state index in [9.17, 15) is 9.18 Å². The first-order valence-electron chi connectivity index (χ1n) is 12.8. The van der Waals surface area contributed by atoms with Gasteiger partial charge in [0.25, 0.3) is 5.91 Å². The molecule has 0 saturated heterocycles. The van der Waals surface area contributed by atoms with E-state index in [1.807, 2.05) is 6.07 Å². The SMILES string of the molecule is CC1CC(N)CC(c2ccncc2Nc2ncc3ccc(-c4c(F)ccc(C(=O)NC(C)C)c4F)nn23)C1. The fourth-order valence-electron chi connectivity index (χ4n) is 5.30. The van der Waals surface area contributed by atoms with Crippen LogP contribution in [0.5, 0.6) is 0 Å². The molecular weight excluding hydrogens is 488 g/mol. The molecule has 10 heteroatoms. The zero-order valence-electron chi connectivity index (χ0n) is 21.6. The maximum Gasteiger partial charge on any atom is 0.254 e. The van der Waals surface area contributed by atoms with E-state index in [1.54, 1.807) is 38.5 Å². The van der Waals surface area contributed by atoms with Crippen LogP contribution in [0.15, 0.2) is 48.9 Å². The standard InChI is InChI=1S/C28H31F2N7O/c1-15(2)34-27(38)21-5-6-22(29)25(26(21)30)23-7-4-19-13-33-28(37(19)36-23)35-24-14-32-9-8-20(24)17-10-16(3)11-18(31)12-17/h4-9,13-18H,10-12,31H2,1-3H3,(H,33,35)(H,34,38). The summed E-state index contributed by atoms with van der Waals surface area (Å²) in [6, 6.07) is 7.32. The van der Waals surface area contributed by atoms with Crippen LogP contribution in [0.2, 0.25) is 0 Å². The Bertz CT molecular complexity index is 1480. The van der Waals surface area contributed by atoms with Gasteiger partial charge in [-0.05, 0) is 80.8 Å². The van der Waals surface area contributed by atoms with Gasteiger partial charge in [0.05, 0.1) is 40.4 Å². The molecule has 198 valence electrons. The van der Waals surface area contributed by atoms with Crippen LogP contribution in [-0.2, 0) is 0 Å². The lowest BCUT2D eigenvalue weighted by molar-refractivity contribution is 0.0939. The number of halogens is 2. The summed E-state index contributed by atoms with van der Waals surface area (Å²) in [6.45, 7) is 5.74. The van der Waals surface area contributed by atoms with Gasteiger partial charge in [-0.15, -0.1) is 0 Å². The van der Waals surface area contributed by atoms with Gasteiger partial charge in [-0.2, -0.15) is 9.61 Å². The molecule has 0 radical (unpaired) electrons. The van der Waals surface area contributed by atoms with Crippen molar-refractivity contribution in [3.05, 3.63) is 71.7 Å². The number of nitrogens with zero attached hydrogens (tertiary/aromatic N) is 4. The Morgan fingerprint density at radius 3 is 2.68 bits per heavy atom. The maximum atomic E-state index is 15.4. The molecule has 8 nitrogen and oxygen atoms in total. The number of nitrogens with one attached hydrogen (secondary N) is 2. The lowest BCUT2D eigenvalue weighted by Crippen LogP contribution is -2.31. The van der Waals surface area contributed by atoms with Crippen molar-refractivity contribution in [2.75, 3.05) is 5.32 Å². The highest BCUT2D eigenvalue weighted by atomic mass is 19.1. The van der Waals surface area contributed by atoms with Gasteiger partial charge in [-0.25, -0.2) is 13.8 Å². The van der Waals surface area contributed by atoms with Gasteiger partial charge in [-0.1, -0.05) is 6.92 Å². The molecule has 1 aliphatic carbocycles. The van der Waals surface area contributed by atoms with Crippen LogP contribution >= 0.6 is 0 Å². The molecule has 3 atom stereocenters. The third kappa shape index (κ3) is 5.08. The van der Waals surface area contributed by atoms with Crippen molar-refractivity contribution < 1.29 is 13.6 Å². The van der Waals surface area contributed by atoms with E-state index < -0.39 is 17.5 Å². The third-order valence-corrected chi connectivity index (χ3v) is 6.92. The lowest BCUT2D eigenvalue weighted by atomic mass is 9.76. The Morgan fingerprint density at radius 1 is 1.11 bits per heavy atom. The summed E-state index contributed by atoms with van der Waals surface area (Å²) < 4.78 is 31.8. The maximum absolute atomic E-state index is 15.4. The number of nitrogens with two attached hydrogens (primary N) is 1. The quantitative estimate of drug-likeness (QED) is 0.324. The monoisotopic (exact) mass is 519 g/mol. The Hall–Kier alpha value is -3.92. The summed E-state index contributed by atoms with van der Waals surface area (Å²) in [7, 11) is 0. The molecule has 3 aromatic heterocycles. The summed E-state index contributed by atoms with van der Waals surface area (Å²) >= 11 is 0. The highest BCUT2D eigenvalue weighted by molar-refractivity contribution is 5.96. The molecule has 1 aromatic carbocycles. The molecule has 1 amide bonds. The second-order valence-electron chi connectivity index (χ2n) is 10.4. The molecule has 1 fully saturated rings. The molecule has 4 N–H and O–H groups in total. The minimum atomic E-state index is -0.970. The van der Waals surface area contributed by atoms with Crippen LogP contribution in [0.4, 0.5) is 20.4 Å². The molecule has 0 spiro atoms. The number of carbonyl (C=O) groups excluding carboxylic acids is 1. The Labute approximate surface area is 219 Å². The Balaban J connectivity index is 1.51. The largest absolute Gasteiger partial charge is 0.350 e. The highest BCUT2D eigenvalue weighted by Gasteiger charge is 2.27. The van der Waals surface area contributed by atoms with Gasteiger partial charge in [0.1, 0.15) is 11.6 Å². The summed E-state index contributed by atoms with van der Waals surface area (Å²) in [5.41, 5.74) is 8.22. The van der Waals surface area contributed by atoms with Crippen molar-refractivity contribution in [1.82, 2.24) is 24.9 Å². The van der Waals surface area contributed by atoms with Gasteiger partial charge < -0.3 is 16.4 Å². The normalized spacial score (nSPS) is 19.6. The molecule has 3 heterocycles. The van der Waals surface area contributed by atoms with Crippen molar-refractivity contribution in [2.24, 2.45) is 11.7 Å². The molecule has 1 aliphatic rings. The number of aromatic nitrogens is 4. The summed E-state index contributed by atoms with van der Waals surface area (Å²) in [4.78, 5) is 21.2. The van der Waals surface area contributed by atoms with Crippen molar-refractivity contribution in [3.8, 4) is 11.3 Å².